The van der Waals surface area contributed by atoms with Crippen molar-refractivity contribution in [2.75, 3.05) is 7.11 Å². The van der Waals surface area contributed by atoms with Crippen molar-refractivity contribution in [2.24, 2.45) is 0 Å². The Morgan fingerprint density at radius 2 is 1.79 bits per heavy atom. The SMILES string of the molecule is COC(=O)c1ccc(CNC(=O)c2ccc(-c3cccc(C)c3)[nH]c2=O)cc1. The van der Waals surface area contributed by atoms with Crippen molar-refractivity contribution in [3.63, 3.8) is 0 Å². The zero-order valence-electron chi connectivity index (χ0n) is 15.6. The van der Waals surface area contributed by atoms with Gasteiger partial charge in [-0.3, -0.25) is 9.59 Å². The number of aromatic amines is 1. The van der Waals surface area contributed by atoms with Crippen LogP contribution < -0.4 is 10.9 Å². The van der Waals surface area contributed by atoms with Crippen LogP contribution in [-0.4, -0.2) is 24.0 Å². The highest BCUT2D eigenvalue weighted by Crippen LogP contribution is 2.17. The number of hydrogen-bond donors (Lipinski definition) is 2. The van der Waals surface area contributed by atoms with Crippen molar-refractivity contribution in [1.82, 2.24) is 10.3 Å². The fraction of sp³-hybridized carbons (Fsp3) is 0.136. The van der Waals surface area contributed by atoms with Gasteiger partial charge in [-0.25, -0.2) is 4.79 Å². The maximum Gasteiger partial charge on any atom is 0.337 e. The molecule has 0 aliphatic rings. The Balaban J connectivity index is 1.69. The van der Waals surface area contributed by atoms with Crippen LogP contribution in [-0.2, 0) is 11.3 Å². The fourth-order valence-electron chi connectivity index (χ4n) is 2.79. The van der Waals surface area contributed by atoms with E-state index in [1.165, 1.54) is 13.2 Å². The summed E-state index contributed by atoms with van der Waals surface area (Å²) < 4.78 is 4.65. The standard InChI is InChI=1S/C22H20N2O4/c1-14-4-3-5-17(12-14)19-11-10-18(21(26)24-19)20(25)23-13-15-6-8-16(9-7-15)22(27)28-2/h3-12H,13H2,1-2H3,(H,23,25)(H,24,26). The van der Waals surface area contributed by atoms with E-state index in [0.717, 1.165) is 16.7 Å². The highest BCUT2D eigenvalue weighted by molar-refractivity contribution is 5.94. The minimum absolute atomic E-state index is 0.0441. The number of rotatable bonds is 5. The molecule has 6 nitrogen and oxygen atoms in total. The van der Waals surface area contributed by atoms with E-state index in [4.69, 9.17) is 0 Å². The second-order valence-electron chi connectivity index (χ2n) is 6.36. The van der Waals surface area contributed by atoms with Crippen LogP contribution in [0, 0.1) is 6.92 Å². The molecule has 142 valence electrons. The van der Waals surface area contributed by atoms with Crippen LogP contribution in [0.3, 0.4) is 0 Å². The van der Waals surface area contributed by atoms with Crippen LogP contribution in [0.1, 0.15) is 31.8 Å². The molecular weight excluding hydrogens is 356 g/mol. The Morgan fingerprint density at radius 1 is 1.04 bits per heavy atom. The van der Waals surface area contributed by atoms with E-state index in [9.17, 15) is 14.4 Å². The average Bonchev–Trinajstić information content (AvgIpc) is 2.71. The van der Waals surface area contributed by atoms with Crippen molar-refractivity contribution in [3.05, 3.63) is 93.3 Å². The van der Waals surface area contributed by atoms with E-state index in [1.54, 1.807) is 30.3 Å². The maximum absolute atomic E-state index is 12.4. The van der Waals surface area contributed by atoms with Gasteiger partial charge in [0.1, 0.15) is 5.56 Å². The second kappa shape index (κ2) is 8.35. The molecule has 0 spiro atoms. The number of methoxy groups -OCH3 is 1. The summed E-state index contributed by atoms with van der Waals surface area (Å²) >= 11 is 0. The highest BCUT2D eigenvalue weighted by atomic mass is 16.5. The molecule has 2 N–H and O–H groups in total. The van der Waals surface area contributed by atoms with Crippen molar-refractivity contribution in [2.45, 2.75) is 13.5 Å². The largest absolute Gasteiger partial charge is 0.465 e. The van der Waals surface area contributed by atoms with Crippen molar-refractivity contribution >= 4 is 11.9 Å². The summed E-state index contributed by atoms with van der Waals surface area (Å²) in [6, 6.07) is 17.7. The number of esters is 1. The molecule has 0 fully saturated rings. The van der Waals surface area contributed by atoms with Gasteiger partial charge in [0.2, 0.25) is 0 Å². The van der Waals surface area contributed by atoms with Gasteiger partial charge in [-0.05, 0) is 48.4 Å². The van der Waals surface area contributed by atoms with Crippen LogP contribution in [0.4, 0.5) is 0 Å². The van der Waals surface area contributed by atoms with Gasteiger partial charge in [-0.1, -0.05) is 35.9 Å². The quantitative estimate of drug-likeness (QED) is 0.670. The Kier molecular flexibility index (Phi) is 5.69. The fourth-order valence-corrected chi connectivity index (χ4v) is 2.79. The number of aryl methyl sites for hydroxylation is 1. The van der Waals surface area contributed by atoms with Gasteiger partial charge in [0.15, 0.2) is 0 Å². The lowest BCUT2D eigenvalue weighted by Crippen LogP contribution is -2.29. The molecule has 0 aliphatic carbocycles. The van der Waals surface area contributed by atoms with Gasteiger partial charge in [0.05, 0.1) is 12.7 Å². The summed E-state index contributed by atoms with van der Waals surface area (Å²) in [5.74, 6) is -0.884. The first-order valence-electron chi connectivity index (χ1n) is 8.74. The van der Waals surface area contributed by atoms with E-state index < -0.39 is 17.4 Å². The molecule has 1 heterocycles. The van der Waals surface area contributed by atoms with Gasteiger partial charge >= 0.3 is 5.97 Å². The normalized spacial score (nSPS) is 10.4. The Labute approximate surface area is 162 Å². The van der Waals surface area contributed by atoms with Gasteiger partial charge in [-0.15, -0.1) is 0 Å². The average molecular weight is 376 g/mol. The maximum atomic E-state index is 12.4. The number of H-pyrrole nitrogens is 1. The zero-order chi connectivity index (χ0) is 20.1. The summed E-state index contributed by atoms with van der Waals surface area (Å²) in [6.45, 7) is 2.21. The molecule has 1 amide bonds. The third-order valence-corrected chi connectivity index (χ3v) is 4.31. The summed E-state index contributed by atoms with van der Waals surface area (Å²) in [7, 11) is 1.32. The monoisotopic (exact) mass is 376 g/mol. The third-order valence-electron chi connectivity index (χ3n) is 4.31. The van der Waals surface area contributed by atoms with Gasteiger partial charge in [-0.2, -0.15) is 0 Å². The topological polar surface area (TPSA) is 88.3 Å². The van der Waals surface area contributed by atoms with Crippen molar-refractivity contribution < 1.29 is 14.3 Å². The minimum Gasteiger partial charge on any atom is -0.465 e. The molecule has 0 saturated heterocycles. The van der Waals surface area contributed by atoms with E-state index >= 15 is 0 Å². The molecule has 0 aliphatic heterocycles. The number of amides is 1. The molecule has 3 rings (SSSR count). The number of ether oxygens (including phenoxy) is 1. The van der Waals surface area contributed by atoms with E-state index in [-0.39, 0.29) is 12.1 Å². The van der Waals surface area contributed by atoms with Crippen LogP contribution >= 0.6 is 0 Å². The van der Waals surface area contributed by atoms with Gasteiger partial charge < -0.3 is 15.0 Å². The van der Waals surface area contributed by atoms with E-state index in [1.807, 2.05) is 31.2 Å². The smallest absolute Gasteiger partial charge is 0.337 e. The molecule has 6 heteroatoms. The predicted molar refractivity (Wildman–Crippen MR) is 106 cm³/mol. The summed E-state index contributed by atoms with van der Waals surface area (Å²) in [4.78, 5) is 38.9. The lowest BCUT2D eigenvalue weighted by Gasteiger charge is -2.07. The number of hydrogen-bond acceptors (Lipinski definition) is 4. The van der Waals surface area contributed by atoms with Gasteiger partial charge in [0, 0.05) is 12.2 Å². The number of carbonyl (C=O) groups is 2. The Morgan fingerprint density at radius 3 is 2.43 bits per heavy atom. The molecule has 3 aromatic rings. The summed E-state index contributed by atoms with van der Waals surface area (Å²) in [5.41, 5.74) is 3.45. The first-order chi connectivity index (χ1) is 13.5. The Bertz CT molecular complexity index is 1070. The molecule has 0 unspecified atom stereocenters. The first-order valence-corrected chi connectivity index (χ1v) is 8.74. The number of aromatic nitrogens is 1. The third kappa shape index (κ3) is 4.35. The lowest BCUT2D eigenvalue weighted by molar-refractivity contribution is 0.0600. The number of benzene rings is 2. The van der Waals surface area contributed by atoms with Crippen LogP contribution in [0.2, 0.25) is 0 Å². The molecule has 0 bridgehead atoms. The summed E-state index contributed by atoms with van der Waals surface area (Å²) in [5, 5.41) is 2.71. The zero-order valence-corrected chi connectivity index (χ0v) is 15.6. The number of pyridine rings is 1. The molecule has 28 heavy (non-hydrogen) atoms. The molecule has 1 aromatic heterocycles. The second-order valence-corrected chi connectivity index (χ2v) is 6.36. The molecule has 0 radical (unpaired) electrons. The van der Waals surface area contributed by atoms with Gasteiger partial charge in [0.25, 0.3) is 11.5 Å². The van der Waals surface area contributed by atoms with Crippen LogP contribution in [0.5, 0.6) is 0 Å². The molecule has 2 aromatic carbocycles. The lowest BCUT2D eigenvalue weighted by atomic mass is 10.1. The van der Waals surface area contributed by atoms with Crippen LogP contribution in [0.25, 0.3) is 11.3 Å². The Hall–Kier alpha value is -3.67. The molecule has 0 atom stereocenters. The highest BCUT2D eigenvalue weighted by Gasteiger charge is 2.12. The first kappa shape index (κ1) is 19.1. The van der Waals surface area contributed by atoms with E-state index in [2.05, 4.69) is 15.0 Å². The molecular formula is C22H20N2O4. The number of carbonyl (C=O) groups excluding carboxylic acids is 2. The predicted octanol–water partition coefficient (Wildman–Crippen LogP) is 3.07. The van der Waals surface area contributed by atoms with E-state index in [0.29, 0.717) is 11.3 Å². The van der Waals surface area contributed by atoms with Crippen molar-refractivity contribution in [3.8, 4) is 11.3 Å². The number of nitrogens with one attached hydrogen (secondary N) is 2. The molecule has 0 saturated carbocycles. The van der Waals surface area contributed by atoms with Crippen LogP contribution in [0.15, 0.2) is 65.5 Å². The summed E-state index contributed by atoms with van der Waals surface area (Å²) in [6.07, 6.45) is 0. The van der Waals surface area contributed by atoms with Crippen molar-refractivity contribution in [1.29, 1.82) is 0 Å². The minimum atomic E-state index is -0.464.